The Morgan fingerprint density at radius 3 is 2.12 bits per heavy atom. The summed E-state index contributed by atoms with van der Waals surface area (Å²) in [6.07, 6.45) is 7.42. The largest absolute Gasteiger partial charge is 0.317 e. The van der Waals surface area contributed by atoms with Crippen molar-refractivity contribution in [2.24, 2.45) is 17.8 Å². The average molecular weight is 222 g/mol. The van der Waals surface area contributed by atoms with Gasteiger partial charge >= 0.3 is 0 Å². The summed E-state index contributed by atoms with van der Waals surface area (Å²) in [7, 11) is 2.12. The Balaban J connectivity index is 1.61. The fourth-order valence-electron chi connectivity index (χ4n) is 3.73. The molecule has 0 amide bonds. The van der Waals surface area contributed by atoms with Gasteiger partial charge in [-0.25, -0.2) is 0 Å². The molecule has 1 saturated heterocycles. The predicted octanol–water partition coefficient (Wildman–Crippen LogP) is 2.10. The minimum Gasteiger partial charge on any atom is -0.317 e. The molecule has 92 valence electrons. The highest BCUT2D eigenvalue weighted by Crippen LogP contribution is 2.47. The van der Waals surface area contributed by atoms with Gasteiger partial charge in [0.1, 0.15) is 0 Å². The molecule has 2 aliphatic carbocycles. The zero-order chi connectivity index (χ0) is 11.1. The number of likely N-dealkylation sites (tertiary alicyclic amines) is 1. The molecule has 0 aromatic heterocycles. The molecular formula is C14H26N2. The highest BCUT2D eigenvalue weighted by atomic mass is 15.2. The molecule has 1 heterocycles. The number of hydrogen-bond acceptors (Lipinski definition) is 2. The molecule has 0 radical (unpaired) electrons. The lowest BCUT2D eigenvalue weighted by Gasteiger charge is -2.41. The Morgan fingerprint density at radius 2 is 1.69 bits per heavy atom. The number of rotatable bonds is 4. The van der Waals surface area contributed by atoms with E-state index < -0.39 is 0 Å². The van der Waals surface area contributed by atoms with Crippen molar-refractivity contribution in [3.63, 3.8) is 0 Å². The van der Waals surface area contributed by atoms with Gasteiger partial charge in [-0.1, -0.05) is 6.92 Å². The van der Waals surface area contributed by atoms with Crippen molar-refractivity contribution in [2.75, 3.05) is 20.1 Å². The summed E-state index contributed by atoms with van der Waals surface area (Å²) in [5, 5.41) is 3.48. The second kappa shape index (κ2) is 4.30. The molecule has 3 aliphatic rings. The van der Waals surface area contributed by atoms with E-state index in [1.165, 1.54) is 45.2 Å². The van der Waals surface area contributed by atoms with E-state index >= 15 is 0 Å². The minimum absolute atomic E-state index is 0.760. The Bertz CT molecular complexity index is 233. The first kappa shape index (κ1) is 11.0. The molecule has 3 rings (SSSR count). The summed E-state index contributed by atoms with van der Waals surface area (Å²) in [5.41, 5.74) is 0. The smallest absolute Gasteiger partial charge is 0.0152 e. The van der Waals surface area contributed by atoms with E-state index in [4.69, 9.17) is 0 Å². The zero-order valence-electron chi connectivity index (χ0n) is 10.8. The van der Waals surface area contributed by atoms with E-state index in [9.17, 15) is 0 Å². The van der Waals surface area contributed by atoms with Crippen molar-refractivity contribution in [2.45, 2.75) is 51.1 Å². The molecule has 1 N–H and O–H groups in total. The average Bonchev–Trinajstić information content (AvgIpc) is 3.13. The monoisotopic (exact) mass is 222 g/mol. The standard InChI is InChI=1S/C14H26N2/c1-10-9-16(8-7-13(10)15-2)14(11-3-4-11)12-5-6-12/h10-15H,3-9H2,1-2H3. The first-order valence-corrected chi connectivity index (χ1v) is 7.21. The Hall–Kier alpha value is -0.0800. The van der Waals surface area contributed by atoms with Crippen molar-refractivity contribution in [1.82, 2.24) is 10.2 Å². The van der Waals surface area contributed by atoms with Crippen LogP contribution in [0.1, 0.15) is 39.0 Å². The van der Waals surface area contributed by atoms with Gasteiger partial charge in [0, 0.05) is 18.6 Å². The van der Waals surface area contributed by atoms with Crippen LogP contribution in [0.25, 0.3) is 0 Å². The second-order valence-electron chi connectivity index (χ2n) is 6.32. The molecule has 2 unspecified atom stereocenters. The van der Waals surface area contributed by atoms with Crippen LogP contribution in [0.15, 0.2) is 0 Å². The number of hydrogen-bond donors (Lipinski definition) is 1. The number of nitrogens with zero attached hydrogens (tertiary/aromatic N) is 1. The Morgan fingerprint density at radius 1 is 1.06 bits per heavy atom. The fourth-order valence-corrected chi connectivity index (χ4v) is 3.73. The molecule has 2 heteroatoms. The molecule has 0 aromatic carbocycles. The van der Waals surface area contributed by atoms with Gasteiger partial charge in [0.2, 0.25) is 0 Å². The van der Waals surface area contributed by atoms with Gasteiger partial charge in [-0.3, -0.25) is 4.90 Å². The topological polar surface area (TPSA) is 15.3 Å². The first-order valence-electron chi connectivity index (χ1n) is 7.21. The highest BCUT2D eigenvalue weighted by Gasteiger charge is 2.45. The van der Waals surface area contributed by atoms with Crippen molar-refractivity contribution < 1.29 is 0 Å². The van der Waals surface area contributed by atoms with Gasteiger partial charge in [-0.05, 0) is 63.5 Å². The van der Waals surface area contributed by atoms with Crippen LogP contribution >= 0.6 is 0 Å². The lowest BCUT2D eigenvalue weighted by molar-refractivity contribution is 0.0835. The molecule has 0 bridgehead atoms. The van der Waals surface area contributed by atoms with Crippen LogP contribution in [0.5, 0.6) is 0 Å². The van der Waals surface area contributed by atoms with Crippen LogP contribution in [-0.2, 0) is 0 Å². The summed E-state index contributed by atoms with van der Waals surface area (Å²) in [5.74, 6) is 2.98. The maximum Gasteiger partial charge on any atom is 0.0152 e. The summed E-state index contributed by atoms with van der Waals surface area (Å²) < 4.78 is 0. The van der Waals surface area contributed by atoms with Crippen LogP contribution in [0, 0.1) is 17.8 Å². The maximum absolute atomic E-state index is 3.48. The fraction of sp³-hybridized carbons (Fsp3) is 1.00. The summed E-state index contributed by atoms with van der Waals surface area (Å²) in [4.78, 5) is 2.84. The third-order valence-corrected chi connectivity index (χ3v) is 4.94. The number of piperidine rings is 1. The highest BCUT2D eigenvalue weighted by molar-refractivity contribution is 4.99. The molecule has 2 nitrogen and oxygen atoms in total. The predicted molar refractivity (Wildman–Crippen MR) is 67.4 cm³/mol. The summed E-state index contributed by atoms with van der Waals surface area (Å²) in [6, 6.07) is 1.73. The van der Waals surface area contributed by atoms with Crippen molar-refractivity contribution in [3.8, 4) is 0 Å². The van der Waals surface area contributed by atoms with E-state index in [2.05, 4.69) is 24.2 Å². The first-order chi connectivity index (χ1) is 7.79. The van der Waals surface area contributed by atoms with Gasteiger partial charge in [0.15, 0.2) is 0 Å². The molecule has 16 heavy (non-hydrogen) atoms. The van der Waals surface area contributed by atoms with Gasteiger partial charge in [0.25, 0.3) is 0 Å². The lowest BCUT2D eigenvalue weighted by atomic mass is 9.91. The molecule has 1 aliphatic heterocycles. The van der Waals surface area contributed by atoms with Gasteiger partial charge in [0.05, 0.1) is 0 Å². The number of nitrogens with one attached hydrogen (secondary N) is 1. The third kappa shape index (κ3) is 2.14. The van der Waals surface area contributed by atoms with Crippen LogP contribution in [0.2, 0.25) is 0 Å². The van der Waals surface area contributed by atoms with Crippen molar-refractivity contribution in [3.05, 3.63) is 0 Å². The van der Waals surface area contributed by atoms with Gasteiger partial charge in [-0.15, -0.1) is 0 Å². The summed E-state index contributed by atoms with van der Waals surface area (Å²) in [6.45, 7) is 5.10. The van der Waals surface area contributed by atoms with Crippen LogP contribution in [0.4, 0.5) is 0 Å². The second-order valence-corrected chi connectivity index (χ2v) is 6.32. The maximum atomic E-state index is 3.48. The van der Waals surface area contributed by atoms with Crippen LogP contribution in [0.3, 0.4) is 0 Å². The third-order valence-electron chi connectivity index (χ3n) is 4.94. The van der Waals surface area contributed by atoms with Crippen molar-refractivity contribution >= 4 is 0 Å². The zero-order valence-corrected chi connectivity index (χ0v) is 10.8. The molecule has 2 atom stereocenters. The van der Waals surface area contributed by atoms with E-state index in [1.54, 1.807) is 0 Å². The Labute approximate surface area is 99.8 Å². The lowest BCUT2D eigenvalue weighted by Crippen LogP contribution is -2.51. The molecule has 0 spiro atoms. The normalized spacial score (nSPS) is 36.9. The molecule has 3 fully saturated rings. The molecular weight excluding hydrogens is 196 g/mol. The van der Waals surface area contributed by atoms with Crippen molar-refractivity contribution in [1.29, 1.82) is 0 Å². The van der Waals surface area contributed by atoms with Gasteiger partial charge in [-0.2, -0.15) is 0 Å². The van der Waals surface area contributed by atoms with E-state index in [-0.39, 0.29) is 0 Å². The van der Waals surface area contributed by atoms with E-state index in [0.717, 1.165) is 29.8 Å². The molecule has 2 saturated carbocycles. The van der Waals surface area contributed by atoms with Gasteiger partial charge < -0.3 is 5.32 Å². The van der Waals surface area contributed by atoms with Crippen LogP contribution < -0.4 is 5.32 Å². The van der Waals surface area contributed by atoms with Crippen LogP contribution in [-0.4, -0.2) is 37.1 Å². The van der Waals surface area contributed by atoms with E-state index in [1.807, 2.05) is 0 Å². The Kier molecular flexibility index (Phi) is 2.97. The summed E-state index contributed by atoms with van der Waals surface area (Å²) >= 11 is 0. The minimum atomic E-state index is 0.760. The quantitative estimate of drug-likeness (QED) is 0.783. The SMILES string of the molecule is CNC1CCN(C(C2CC2)C2CC2)CC1C. The van der Waals surface area contributed by atoms with E-state index in [0.29, 0.717) is 0 Å². The molecule has 0 aromatic rings.